The number of carboxylic acid groups (broad SMARTS) is 1. The van der Waals surface area contributed by atoms with E-state index in [1.807, 2.05) is 0 Å². The van der Waals surface area contributed by atoms with Crippen molar-refractivity contribution in [2.24, 2.45) is 0 Å². The second kappa shape index (κ2) is 3.97. The molecule has 1 aromatic carbocycles. The van der Waals surface area contributed by atoms with Crippen molar-refractivity contribution < 1.29 is 27.5 Å². The van der Waals surface area contributed by atoms with Gasteiger partial charge in [0.05, 0.1) is 5.52 Å². The van der Waals surface area contributed by atoms with Crippen molar-refractivity contribution in [3.8, 4) is 0 Å². The number of hydrogen-bond donors (Lipinski definition) is 1. The molecule has 4 nitrogen and oxygen atoms in total. The van der Waals surface area contributed by atoms with E-state index in [4.69, 9.17) is 5.11 Å². The summed E-state index contributed by atoms with van der Waals surface area (Å²) in [5.41, 5.74) is -0.594. The number of benzene rings is 1. The van der Waals surface area contributed by atoms with Crippen LogP contribution < -0.4 is 0 Å². The molecule has 0 aliphatic heterocycles. The van der Waals surface area contributed by atoms with Crippen molar-refractivity contribution >= 4 is 17.0 Å². The van der Waals surface area contributed by atoms with Gasteiger partial charge in [0.25, 0.3) is 0 Å². The normalized spacial score (nSPS) is 12.0. The fourth-order valence-corrected chi connectivity index (χ4v) is 1.64. The van der Waals surface area contributed by atoms with Crippen LogP contribution in [-0.2, 0) is 6.54 Å². The van der Waals surface area contributed by atoms with Crippen molar-refractivity contribution in [2.75, 3.05) is 0 Å². The lowest BCUT2D eigenvalue weighted by molar-refractivity contribution is -0.140. The minimum Gasteiger partial charge on any atom is -0.475 e. The van der Waals surface area contributed by atoms with E-state index in [9.17, 15) is 22.4 Å². The van der Waals surface area contributed by atoms with Crippen LogP contribution in [0, 0.1) is 5.82 Å². The van der Waals surface area contributed by atoms with E-state index in [0.29, 0.717) is 4.57 Å². The van der Waals surface area contributed by atoms with Crippen molar-refractivity contribution in [3.63, 3.8) is 0 Å². The number of imidazole rings is 1. The van der Waals surface area contributed by atoms with Gasteiger partial charge in [-0.2, -0.15) is 13.2 Å². The van der Waals surface area contributed by atoms with E-state index in [2.05, 4.69) is 4.98 Å². The lowest BCUT2D eigenvalue weighted by Gasteiger charge is -2.10. The van der Waals surface area contributed by atoms with Crippen LogP contribution in [0.5, 0.6) is 0 Å². The van der Waals surface area contributed by atoms with Crippen LogP contribution in [-0.4, -0.2) is 26.8 Å². The van der Waals surface area contributed by atoms with Gasteiger partial charge in [-0.15, -0.1) is 0 Å². The van der Waals surface area contributed by atoms with Gasteiger partial charge in [0, 0.05) is 0 Å². The van der Waals surface area contributed by atoms with E-state index in [0.717, 1.165) is 6.07 Å². The maximum atomic E-state index is 13.5. The third-order valence-corrected chi connectivity index (χ3v) is 2.25. The van der Waals surface area contributed by atoms with E-state index in [1.54, 1.807) is 0 Å². The molecule has 1 N–H and O–H groups in total. The third-order valence-electron chi connectivity index (χ3n) is 2.25. The Labute approximate surface area is 97.5 Å². The molecule has 0 aliphatic rings. The molecule has 0 saturated heterocycles. The Morgan fingerprint density at radius 2 is 2.06 bits per heavy atom. The maximum absolute atomic E-state index is 13.5. The number of fused-ring (bicyclic) bond motifs is 1. The summed E-state index contributed by atoms with van der Waals surface area (Å²) in [5.74, 6) is -3.43. The molecule has 0 bridgehead atoms. The summed E-state index contributed by atoms with van der Waals surface area (Å²) in [7, 11) is 0. The Bertz CT molecular complexity index is 618. The zero-order valence-corrected chi connectivity index (χ0v) is 8.70. The highest BCUT2D eigenvalue weighted by Gasteiger charge is 2.32. The van der Waals surface area contributed by atoms with Crippen LogP contribution in [0.1, 0.15) is 10.6 Å². The third kappa shape index (κ3) is 2.13. The molecule has 1 heterocycles. The quantitative estimate of drug-likeness (QED) is 0.846. The summed E-state index contributed by atoms with van der Waals surface area (Å²) < 4.78 is 50.9. The highest BCUT2D eigenvalue weighted by Crippen LogP contribution is 2.25. The van der Waals surface area contributed by atoms with Gasteiger partial charge in [0.2, 0.25) is 5.82 Å². The van der Waals surface area contributed by atoms with E-state index >= 15 is 0 Å². The second-order valence-corrected chi connectivity index (χ2v) is 3.55. The van der Waals surface area contributed by atoms with Crippen LogP contribution in [0.4, 0.5) is 17.6 Å². The first-order valence-electron chi connectivity index (χ1n) is 4.74. The molecular formula is C10H6F4N2O2. The molecule has 8 heteroatoms. The number of para-hydroxylation sites is 1. The molecule has 18 heavy (non-hydrogen) atoms. The fraction of sp³-hybridized carbons (Fsp3) is 0.200. The van der Waals surface area contributed by atoms with E-state index in [1.165, 1.54) is 12.1 Å². The number of carboxylic acids is 1. The number of rotatable bonds is 2. The Kier molecular flexibility index (Phi) is 2.72. The minimum absolute atomic E-state index is 0.128. The average molecular weight is 262 g/mol. The highest BCUT2D eigenvalue weighted by atomic mass is 19.4. The number of halogens is 4. The smallest absolute Gasteiger partial charge is 0.406 e. The molecule has 0 saturated carbocycles. The Morgan fingerprint density at radius 3 is 2.61 bits per heavy atom. The first-order valence-corrected chi connectivity index (χ1v) is 4.74. The molecule has 96 valence electrons. The summed E-state index contributed by atoms with van der Waals surface area (Å²) in [4.78, 5) is 14.3. The molecule has 0 radical (unpaired) electrons. The predicted octanol–water partition coefficient (Wildman–Crippen LogP) is 2.44. The van der Waals surface area contributed by atoms with Gasteiger partial charge in [0.1, 0.15) is 17.9 Å². The van der Waals surface area contributed by atoms with Gasteiger partial charge >= 0.3 is 12.1 Å². The summed E-state index contributed by atoms with van der Waals surface area (Å²) in [6, 6.07) is 3.44. The molecule has 0 atom stereocenters. The molecule has 0 fully saturated rings. The largest absolute Gasteiger partial charge is 0.475 e. The molecule has 0 aliphatic carbocycles. The van der Waals surface area contributed by atoms with Gasteiger partial charge in [-0.25, -0.2) is 14.2 Å². The maximum Gasteiger partial charge on any atom is 0.406 e. The number of nitrogens with zero attached hydrogens (tertiary/aromatic N) is 2. The Hall–Kier alpha value is -2.12. The van der Waals surface area contributed by atoms with Gasteiger partial charge in [-0.1, -0.05) is 6.07 Å². The molecule has 1 aromatic heterocycles. The molecular weight excluding hydrogens is 256 g/mol. The summed E-state index contributed by atoms with van der Waals surface area (Å²) in [6.07, 6.45) is -4.67. The van der Waals surface area contributed by atoms with Crippen LogP contribution in [0.25, 0.3) is 11.0 Å². The van der Waals surface area contributed by atoms with Crippen molar-refractivity contribution in [1.29, 1.82) is 0 Å². The van der Waals surface area contributed by atoms with Crippen LogP contribution >= 0.6 is 0 Å². The lowest BCUT2D eigenvalue weighted by atomic mass is 10.3. The standard InChI is InChI=1S/C10H6F4N2O2/c11-5-2-1-3-6-7(5)16(4-10(12,13)14)8(15-6)9(17)18/h1-3H,4H2,(H,17,18). The zero-order valence-electron chi connectivity index (χ0n) is 8.70. The zero-order chi connectivity index (χ0) is 13.5. The monoisotopic (exact) mass is 262 g/mol. The minimum atomic E-state index is -4.67. The van der Waals surface area contributed by atoms with E-state index < -0.39 is 35.8 Å². The average Bonchev–Trinajstić information content (AvgIpc) is 2.56. The second-order valence-electron chi connectivity index (χ2n) is 3.55. The van der Waals surface area contributed by atoms with Crippen LogP contribution in [0.3, 0.4) is 0 Å². The van der Waals surface area contributed by atoms with Crippen molar-refractivity contribution in [3.05, 3.63) is 29.8 Å². The van der Waals surface area contributed by atoms with Crippen molar-refractivity contribution in [1.82, 2.24) is 9.55 Å². The van der Waals surface area contributed by atoms with Crippen molar-refractivity contribution in [2.45, 2.75) is 12.7 Å². The van der Waals surface area contributed by atoms with Gasteiger partial charge in [-0.3, -0.25) is 0 Å². The number of alkyl halides is 3. The lowest BCUT2D eigenvalue weighted by Crippen LogP contribution is -2.21. The van der Waals surface area contributed by atoms with Gasteiger partial charge in [-0.05, 0) is 12.1 Å². The molecule has 2 rings (SSSR count). The highest BCUT2D eigenvalue weighted by molar-refractivity contribution is 5.90. The number of carbonyl (C=O) groups is 1. The molecule has 0 amide bonds. The number of hydrogen-bond acceptors (Lipinski definition) is 2. The molecule has 2 aromatic rings. The SMILES string of the molecule is O=C(O)c1nc2cccc(F)c2n1CC(F)(F)F. The summed E-state index contributed by atoms with van der Waals surface area (Å²) in [6.45, 7) is -1.61. The fourth-order valence-electron chi connectivity index (χ4n) is 1.64. The molecule has 0 unspecified atom stereocenters. The Balaban J connectivity index is 2.73. The Morgan fingerprint density at radius 1 is 1.39 bits per heavy atom. The number of aromatic nitrogens is 2. The predicted molar refractivity (Wildman–Crippen MR) is 52.7 cm³/mol. The van der Waals surface area contributed by atoms with Crippen LogP contribution in [0.15, 0.2) is 18.2 Å². The topological polar surface area (TPSA) is 55.1 Å². The summed E-state index contributed by atoms with van der Waals surface area (Å²) in [5, 5.41) is 8.78. The summed E-state index contributed by atoms with van der Waals surface area (Å²) >= 11 is 0. The van der Waals surface area contributed by atoms with E-state index in [-0.39, 0.29) is 5.52 Å². The van der Waals surface area contributed by atoms with Gasteiger partial charge < -0.3 is 9.67 Å². The first kappa shape index (κ1) is 12.3. The van der Waals surface area contributed by atoms with Gasteiger partial charge in [0.15, 0.2) is 0 Å². The van der Waals surface area contributed by atoms with Crippen LogP contribution in [0.2, 0.25) is 0 Å². The first-order chi connectivity index (χ1) is 8.29. The number of aromatic carboxylic acids is 1. The molecule has 0 spiro atoms.